The molecule has 0 spiro atoms. The van der Waals surface area contributed by atoms with Crippen molar-refractivity contribution in [2.45, 2.75) is 19.9 Å². The first-order valence-corrected chi connectivity index (χ1v) is 6.16. The summed E-state index contributed by atoms with van der Waals surface area (Å²) in [5.41, 5.74) is 4.72. The second-order valence-corrected chi connectivity index (χ2v) is 4.63. The average molecular weight is 234 g/mol. The maximum absolute atomic E-state index is 4.40. The van der Waals surface area contributed by atoms with Gasteiger partial charge in [0.1, 0.15) is 0 Å². The van der Waals surface area contributed by atoms with Crippen LogP contribution in [0.3, 0.4) is 0 Å². The van der Waals surface area contributed by atoms with Crippen LogP contribution in [0.2, 0.25) is 0 Å². The number of rotatable bonds is 2. The van der Waals surface area contributed by atoms with Gasteiger partial charge in [0.15, 0.2) is 5.17 Å². The highest BCUT2D eigenvalue weighted by atomic mass is 32.2. The lowest BCUT2D eigenvalue weighted by Crippen LogP contribution is -2.14. The summed E-state index contributed by atoms with van der Waals surface area (Å²) in [7, 11) is 0. The van der Waals surface area contributed by atoms with E-state index in [0.717, 1.165) is 22.3 Å². The molecule has 1 atom stereocenters. The Balaban J connectivity index is 2.00. The lowest BCUT2D eigenvalue weighted by molar-refractivity contribution is 0.854. The van der Waals surface area contributed by atoms with Crippen LogP contribution in [0.1, 0.15) is 19.5 Å². The molecule has 0 radical (unpaired) electrons. The standard InChI is InChI=1S/C11H14N4S/c1-8-7-16-11(13-8)15-14-9(2)10-5-3-4-6-12-10/h3-6,8H,7H2,1-2H3,(H,13,15)/b14-9+. The predicted molar refractivity (Wildman–Crippen MR) is 68.9 cm³/mol. The molecule has 1 aliphatic rings. The van der Waals surface area contributed by atoms with Gasteiger partial charge in [-0.3, -0.25) is 15.4 Å². The third-order valence-corrected chi connectivity index (χ3v) is 3.27. The molecule has 5 heteroatoms. The van der Waals surface area contributed by atoms with Gasteiger partial charge in [0.05, 0.1) is 17.4 Å². The number of thioether (sulfide) groups is 1. The maximum Gasteiger partial charge on any atom is 0.177 e. The van der Waals surface area contributed by atoms with Crippen LogP contribution in [0.5, 0.6) is 0 Å². The molecule has 1 unspecified atom stereocenters. The first-order valence-electron chi connectivity index (χ1n) is 5.18. The minimum Gasteiger partial charge on any atom is -0.257 e. The van der Waals surface area contributed by atoms with Crippen molar-refractivity contribution in [3.05, 3.63) is 30.1 Å². The maximum atomic E-state index is 4.40. The second-order valence-electron chi connectivity index (χ2n) is 3.62. The second kappa shape index (κ2) is 5.12. The summed E-state index contributed by atoms with van der Waals surface area (Å²) in [5, 5.41) is 5.15. The zero-order chi connectivity index (χ0) is 11.4. The molecule has 0 saturated heterocycles. The van der Waals surface area contributed by atoms with Crippen molar-refractivity contribution in [2.24, 2.45) is 10.1 Å². The molecule has 1 N–H and O–H groups in total. The average Bonchev–Trinajstić information content (AvgIpc) is 2.73. The van der Waals surface area contributed by atoms with Gasteiger partial charge in [-0.15, -0.1) is 0 Å². The van der Waals surface area contributed by atoms with Gasteiger partial charge in [-0.25, -0.2) is 0 Å². The molecule has 0 saturated carbocycles. The number of aliphatic imine (C=N–C) groups is 1. The topological polar surface area (TPSA) is 49.6 Å². The molecule has 1 aromatic heterocycles. The lowest BCUT2D eigenvalue weighted by atomic mass is 10.3. The van der Waals surface area contributed by atoms with Gasteiger partial charge in [-0.05, 0) is 26.0 Å². The van der Waals surface area contributed by atoms with Crippen molar-refractivity contribution < 1.29 is 0 Å². The Labute approximate surface area is 99.3 Å². The van der Waals surface area contributed by atoms with E-state index >= 15 is 0 Å². The molecule has 4 nitrogen and oxygen atoms in total. The van der Waals surface area contributed by atoms with Crippen molar-refractivity contribution in [1.29, 1.82) is 0 Å². The fourth-order valence-corrected chi connectivity index (χ4v) is 2.14. The summed E-state index contributed by atoms with van der Waals surface area (Å²) in [6.07, 6.45) is 1.76. The SMILES string of the molecule is C/C(=N\NC1=NC(C)CS1)c1ccccn1. The molecular weight excluding hydrogens is 220 g/mol. The van der Waals surface area contributed by atoms with E-state index in [1.807, 2.05) is 25.1 Å². The fraction of sp³-hybridized carbons (Fsp3) is 0.364. The van der Waals surface area contributed by atoms with Gasteiger partial charge in [-0.2, -0.15) is 5.10 Å². The Morgan fingerprint density at radius 3 is 3.06 bits per heavy atom. The Morgan fingerprint density at radius 2 is 2.44 bits per heavy atom. The molecule has 84 valence electrons. The van der Waals surface area contributed by atoms with E-state index in [4.69, 9.17) is 0 Å². The lowest BCUT2D eigenvalue weighted by Gasteiger charge is -2.01. The Kier molecular flexibility index (Phi) is 3.56. The first-order chi connectivity index (χ1) is 7.75. The number of nitrogens with one attached hydrogen (secondary N) is 1. The quantitative estimate of drug-likeness (QED) is 0.628. The van der Waals surface area contributed by atoms with Crippen LogP contribution >= 0.6 is 11.8 Å². The van der Waals surface area contributed by atoms with E-state index in [1.165, 1.54) is 0 Å². The van der Waals surface area contributed by atoms with Crippen LogP contribution in [-0.4, -0.2) is 27.7 Å². The summed E-state index contributed by atoms with van der Waals surface area (Å²) in [6.45, 7) is 4.02. The van der Waals surface area contributed by atoms with E-state index in [9.17, 15) is 0 Å². The summed E-state index contributed by atoms with van der Waals surface area (Å²) in [5.74, 6) is 1.03. The third-order valence-electron chi connectivity index (χ3n) is 2.15. The van der Waals surface area contributed by atoms with E-state index < -0.39 is 0 Å². The van der Waals surface area contributed by atoms with Gasteiger partial charge in [0.25, 0.3) is 0 Å². The Bertz CT molecular complexity index is 413. The van der Waals surface area contributed by atoms with Crippen LogP contribution < -0.4 is 5.43 Å². The molecule has 0 aromatic carbocycles. The van der Waals surface area contributed by atoms with Gasteiger partial charge in [0.2, 0.25) is 0 Å². The molecule has 1 aromatic rings. The van der Waals surface area contributed by atoms with E-state index in [-0.39, 0.29) is 0 Å². The summed E-state index contributed by atoms with van der Waals surface area (Å²) >= 11 is 1.70. The van der Waals surface area contributed by atoms with E-state index in [2.05, 4.69) is 27.4 Å². The summed E-state index contributed by atoms with van der Waals surface area (Å²) in [4.78, 5) is 8.62. The molecular formula is C11H14N4S. The number of aromatic nitrogens is 1. The van der Waals surface area contributed by atoms with Crippen molar-refractivity contribution in [3.8, 4) is 0 Å². The smallest absolute Gasteiger partial charge is 0.177 e. The first kappa shape index (κ1) is 11.1. The third kappa shape index (κ3) is 2.82. The number of nitrogens with zero attached hydrogens (tertiary/aromatic N) is 3. The van der Waals surface area contributed by atoms with Gasteiger partial charge in [0, 0.05) is 11.9 Å². The molecule has 16 heavy (non-hydrogen) atoms. The van der Waals surface area contributed by atoms with Crippen molar-refractivity contribution in [2.75, 3.05) is 5.75 Å². The zero-order valence-electron chi connectivity index (χ0n) is 9.34. The monoisotopic (exact) mass is 234 g/mol. The molecule has 0 amide bonds. The highest BCUT2D eigenvalue weighted by Crippen LogP contribution is 2.15. The predicted octanol–water partition coefficient (Wildman–Crippen LogP) is 1.89. The molecule has 1 aliphatic heterocycles. The van der Waals surface area contributed by atoms with Crippen molar-refractivity contribution in [1.82, 2.24) is 10.4 Å². The molecule has 2 heterocycles. The number of hydrazone groups is 1. The number of pyridine rings is 1. The van der Waals surface area contributed by atoms with Crippen molar-refractivity contribution >= 4 is 22.6 Å². The minimum absolute atomic E-state index is 0.387. The largest absolute Gasteiger partial charge is 0.257 e. The highest BCUT2D eigenvalue weighted by Gasteiger charge is 2.12. The fourth-order valence-electron chi connectivity index (χ4n) is 1.30. The van der Waals surface area contributed by atoms with Gasteiger partial charge >= 0.3 is 0 Å². The van der Waals surface area contributed by atoms with Crippen LogP contribution in [0, 0.1) is 0 Å². The van der Waals surface area contributed by atoms with Crippen molar-refractivity contribution in [3.63, 3.8) is 0 Å². The molecule has 0 bridgehead atoms. The normalized spacial score (nSPS) is 20.8. The molecule has 0 fully saturated rings. The zero-order valence-corrected chi connectivity index (χ0v) is 10.2. The number of hydrogen-bond acceptors (Lipinski definition) is 5. The molecule has 0 aliphatic carbocycles. The highest BCUT2D eigenvalue weighted by molar-refractivity contribution is 8.14. The number of hydrogen-bond donors (Lipinski definition) is 1. The van der Waals surface area contributed by atoms with E-state index in [1.54, 1.807) is 18.0 Å². The number of amidine groups is 1. The van der Waals surface area contributed by atoms with Crippen LogP contribution in [0.4, 0.5) is 0 Å². The van der Waals surface area contributed by atoms with Gasteiger partial charge < -0.3 is 0 Å². The minimum atomic E-state index is 0.387. The van der Waals surface area contributed by atoms with Crippen LogP contribution in [-0.2, 0) is 0 Å². The Morgan fingerprint density at radius 1 is 1.56 bits per heavy atom. The van der Waals surface area contributed by atoms with Gasteiger partial charge in [-0.1, -0.05) is 17.8 Å². The Hall–Kier alpha value is -1.36. The van der Waals surface area contributed by atoms with Crippen LogP contribution in [0.25, 0.3) is 0 Å². The van der Waals surface area contributed by atoms with Crippen LogP contribution in [0.15, 0.2) is 34.5 Å². The summed E-state index contributed by atoms with van der Waals surface area (Å²) in [6, 6.07) is 6.17. The molecule has 2 rings (SSSR count). The van der Waals surface area contributed by atoms with E-state index in [0.29, 0.717) is 6.04 Å². The summed E-state index contributed by atoms with van der Waals surface area (Å²) < 4.78 is 0.